The summed E-state index contributed by atoms with van der Waals surface area (Å²) in [5, 5.41) is 10.6. The van der Waals surface area contributed by atoms with Crippen molar-refractivity contribution in [3.63, 3.8) is 0 Å². The number of nitrogens with one attached hydrogen (secondary N) is 1. The maximum atomic E-state index is 7.90. The van der Waals surface area contributed by atoms with Crippen LogP contribution in [-0.2, 0) is 9.88 Å². The van der Waals surface area contributed by atoms with E-state index in [-0.39, 0.29) is 0 Å². The summed E-state index contributed by atoms with van der Waals surface area (Å²) >= 11 is 0. The zero-order chi connectivity index (χ0) is 5.82. The van der Waals surface area contributed by atoms with Gasteiger partial charge in [0.1, 0.15) is 5.70 Å². The maximum absolute atomic E-state index is 7.90. The van der Waals surface area contributed by atoms with Gasteiger partial charge in [-0.3, -0.25) is 0 Å². The molecular formula is C3H4N2O3. The average Bonchev–Trinajstić information content (AvgIpc) is 2.19. The van der Waals surface area contributed by atoms with Gasteiger partial charge in [-0.1, -0.05) is 10.1 Å². The van der Waals surface area contributed by atoms with Gasteiger partial charge in [0.15, 0.2) is 6.26 Å². The first-order chi connectivity index (χ1) is 3.93. The van der Waals surface area contributed by atoms with E-state index in [0.717, 1.165) is 6.21 Å². The molecule has 0 amide bonds. The Hall–Kier alpha value is -1.23. The lowest BCUT2D eigenvalue weighted by atomic mass is 10.6. The van der Waals surface area contributed by atoms with Crippen LogP contribution in [-0.4, -0.2) is 11.4 Å². The van der Waals surface area contributed by atoms with Crippen LogP contribution in [0.15, 0.2) is 17.1 Å². The van der Waals surface area contributed by atoms with Gasteiger partial charge in [0.2, 0.25) is 0 Å². The van der Waals surface area contributed by atoms with Crippen molar-refractivity contribution < 1.29 is 15.1 Å². The van der Waals surface area contributed by atoms with Gasteiger partial charge in [-0.2, -0.15) is 0 Å². The van der Waals surface area contributed by atoms with E-state index in [2.05, 4.69) is 20.5 Å². The third-order valence-electron chi connectivity index (χ3n) is 0.580. The standard InChI is InChI=1S/C3H4N2O3/c6-4-1-3-2-7-8-5-3/h1-2,5-6H. The number of nitrogens with zero attached hydrogens (tertiary/aromatic N) is 1. The molecule has 0 aromatic heterocycles. The predicted octanol–water partition coefficient (Wildman–Crippen LogP) is -0.246. The summed E-state index contributed by atoms with van der Waals surface area (Å²) < 4.78 is 0. The normalized spacial score (nSPS) is 17.8. The van der Waals surface area contributed by atoms with Crippen LogP contribution >= 0.6 is 0 Å². The summed E-state index contributed by atoms with van der Waals surface area (Å²) in [4.78, 5) is 8.40. The van der Waals surface area contributed by atoms with Gasteiger partial charge < -0.3 is 10.1 Å². The molecule has 0 saturated carbocycles. The molecule has 0 bridgehead atoms. The molecule has 0 unspecified atom stereocenters. The molecule has 0 aliphatic carbocycles. The topological polar surface area (TPSA) is 63.1 Å². The highest BCUT2D eigenvalue weighted by atomic mass is 17.3. The molecule has 0 atom stereocenters. The predicted molar refractivity (Wildman–Crippen MR) is 23.7 cm³/mol. The average molecular weight is 116 g/mol. The lowest BCUT2D eigenvalue weighted by Gasteiger charge is -1.86. The summed E-state index contributed by atoms with van der Waals surface area (Å²) in [7, 11) is 0. The smallest absolute Gasteiger partial charge is 0.159 e. The first-order valence-electron chi connectivity index (χ1n) is 1.89. The molecule has 5 nitrogen and oxygen atoms in total. The highest BCUT2D eigenvalue weighted by molar-refractivity contribution is 5.76. The number of rotatable bonds is 1. The Balaban J connectivity index is 2.45. The fourth-order valence-corrected chi connectivity index (χ4v) is 0.291. The highest BCUT2D eigenvalue weighted by Crippen LogP contribution is 1.94. The molecule has 1 heterocycles. The maximum Gasteiger partial charge on any atom is 0.159 e. The number of oxime groups is 1. The van der Waals surface area contributed by atoms with Crippen LogP contribution in [0.2, 0.25) is 0 Å². The van der Waals surface area contributed by atoms with Crippen LogP contribution < -0.4 is 5.48 Å². The Labute approximate surface area is 45.1 Å². The molecule has 2 N–H and O–H groups in total. The van der Waals surface area contributed by atoms with E-state index < -0.39 is 0 Å². The van der Waals surface area contributed by atoms with Crippen molar-refractivity contribution in [2.75, 3.05) is 0 Å². The molecular weight excluding hydrogens is 112 g/mol. The van der Waals surface area contributed by atoms with E-state index >= 15 is 0 Å². The van der Waals surface area contributed by atoms with E-state index in [0.29, 0.717) is 5.70 Å². The monoisotopic (exact) mass is 116 g/mol. The fraction of sp³-hybridized carbons (Fsp3) is 0. The summed E-state index contributed by atoms with van der Waals surface area (Å²) in [6.07, 6.45) is 2.41. The minimum atomic E-state index is 0.465. The minimum Gasteiger partial charge on any atom is -0.411 e. The van der Waals surface area contributed by atoms with Gasteiger partial charge in [-0.05, 0) is 0 Å². The van der Waals surface area contributed by atoms with Crippen LogP contribution in [0.4, 0.5) is 0 Å². The van der Waals surface area contributed by atoms with Crippen LogP contribution in [0.25, 0.3) is 0 Å². The lowest BCUT2D eigenvalue weighted by Crippen LogP contribution is -2.05. The summed E-state index contributed by atoms with van der Waals surface area (Å²) in [5.74, 6) is 0. The molecule has 0 aromatic carbocycles. The molecule has 0 fully saturated rings. The zero-order valence-corrected chi connectivity index (χ0v) is 3.87. The molecule has 5 heteroatoms. The van der Waals surface area contributed by atoms with Gasteiger partial charge in [0, 0.05) is 0 Å². The second-order valence-electron chi connectivity index (χ2n) is 1.10. The first kappa shape index (κ1) is 4.92. The fourth-order valence-electron chi connectivity index (χ4n) is 0.291. The zero-order valence-electron chi connectivity index (χ0n) is 3.87. The number of hydrogen-bond acceptors (Lipinski definition) is 5. The second-order valence-corrected chi connectivity index (χ2v) is 1.10. The molecule has 0 spiro atoms. The number of allylic oxidation sites excluding steroid dienone is 1. The van der Waals surface area contributed by atoms with Gasteiger partial charge in [0.05, 0.1) is 6.21 Å². The SMILES string of the molecule is ON=CC1=COON1. The lowest BCUT2D eigenvalue weighted by molar-refractivity contribution is -0.265. The first-order valence-corrected chi connectivity index (χ1v) is 1.89. The van der Waals surface area contributed by atoms with Crippen molar-refractivity contribution in [1.82, 2.24) is 5.48 Å². The van der Waals surface area contributed by atoms with E-state index in [4.69, 9.17) is 5.21 Å². The van der Waals surface area contributed by atoms with E-state index in [9.17, 15) is 0 Å². The van der Waals surface area contributed by atoms with Crippen LogP contribution in [0.3, 0.4) is 0 Å². The van der Waals surface area contributed by atoms with Gasteiger partial charge in [0.25, 0.3) is 0 Å². The highest BCUT2D eigenvalue weighted by Gasteiger charge is 2.00. The van der Waals surface area contributed by atoms with Crippen molar-refractivity contribution >= 4 is 6.21 Å². The Kier molecular flexibility index (Phi) is 1.34. The molecule has 0 saturated heterocycles. The minimum absolute atomic E-state index is 0.465. The molecule has 0 aromatic rings. The summed E-state index contributed by atoms with van der Waals surface area (Å²) in [5.41, 5.74) is 2.75. The van der Waals surface area contributed by atoms with Crippen molar-refractivity contribution in [3.8, 4) is 0 Å². The largest absolute Gasteiger partial charge is 0.411 e. The summed E-state index contributed by atoms with van der Waals surface area (Å²) in [6.45, 7) is 0. The van der Waals surface area contributed by atoms with Crippen molar-refractivity contribution in [2.45, 2.75) is 0 Å². The van der Waals surface area contributed by atoms with Gasteiger partial charge in [-0.15, -0.1) is 0 Å². The third kappa shape index (κ3) is 0.881. The molecule has 0 radical (unpaired) electrons. The molecule has 1 aliphatic rings. The van der Waals surface area contributed by atoms with Crippen molar-refractivity contribution in [3.05, 3.63) is 12.0 Å². The van der Waals surface area contributed by atoms with Crippen LogP contribution in [0, 0.1) is 0 Å². The van der Waals surface area contributed by atoms with Crippen LogP contribution in [0.5, 0.6) is 0 Å². The molecule has 1 aliphatic heterocycles. The second kappa shape index (κ2) is 2.17. The Morgan fingerprint density at radius 3 is 3.25 bits per heavy atom. The van der Waals surface area contributed by atoms with Crippen molar-refractivity contribution in [1.29, 1.82) is 0 Å². The van der Waals surface area contributed by atoms with Gasteiger partial charge >= 0.3 is 0 Å². The van der Waals surface area contributed by atoms with E-state index in [1.807, 2.05) is 0 Å². The molecule has 44 valence electrons. The van der Waals surface area contributed by atoms with Crippen molar-refractivity contribution in [2.24, 2.45) is 5.16 Å². The number of hydrogen-bond donors (Lipinski definition) is 2. The van der Waals surface area contributed by atoms with E-state index in [1.165, 1.54) is 6.26 Å². The van der Waals surface area contributed by atoms with E-state index in [1.54, 1.807) is 0 Å². The Morgan fingerprint density at radius 1 is 1.88 bits per heavy atom. The Bertz CT molecular complexity index is 130. The quantitative estimate of drug-likeness (QED) is 0.215. The van der Waals surface area contributed by atoms with Crippen LogP contribution in [0.1, 0.15) is 0 Å². The molecule has 8 heavy (non-hydrogen) atoms. The summed E-state index contributed by atoms with van der Waals surface area (Å²) in [6, 6.07) is 0. The van der Waals surface area contributed by atoms with Gasteiger partial charge in [-0.25, -0.2) is 5.48 Å². The molecule has 1 rings (SSSR count). The number of hydroxylamine groups is 1. The Morgan fingerprint density at radius 2 is 2.75 bits per heavy atom. The third-order valence-corrected chi connectivity index (χ3v) is 0.580.